The SMILES string of the molecule is CCCc1nc(C)c2c(=O)[nH]c(-c3cc(S(=O)(=O)N4CCN(CC)CC4)ccc3OCC)nn12.O=S(=O)(O)O.O=S(=O)(O)O. The topological polar surface area (TPSA) is 262 Å². The lowest BCUT2D eigenvalue weighted by Crippen LogP contribution is -2.48. The summed E-state index contributed by atoms with van der Waals surface area (Å²) in [5, 5.41) is 4.65. The molecule has 0 atom stereocenters. The van der Waals surface area contributed by atoms with Crippen LogP contribution in [-0.2, 0) is 37.2 Å². The number of aryl methyl sites for hydroxylation is 2. The number of hydrogen-bond donors (Lipinski definition) is 5. The van der Waals surface area contributed by atoms with E-state index in [1.54, 1.807) is 29.6 Å². The average Bonchev–Trinajstić information content (AvgIpc) is 3.22. The normalized spacial score (nSPS) is 14.8. The standard InChI is InChI=1S/C23H32N6O4S.2H2O4S/c1-5-8-20-24-16(4)21-23(30)25-22(26-29(20)21)18-15-17(9-10-19(18)33-7-3)34(31,32)28-13-11-27(6-2)12-14-28;2*1-5(2,3)4/h9-10,15H,5-8,11-14H2,1-4H3,(H,25,26,30);2*(H2,1,2,3,4). The highest BCUT2D eigenvalue weighted by Crippen LogP contribution is 2.31. The predicted octanol–water partition coefficient (Wildman–Crippen LogP) is 0.765. The number of hydrogen-bond acceptors (Lipinski definition) is 11. The van der Waals surface area contributed by atoms with Crippen LogP contribution >= 0.6 is 0 Å². The number of piperazine rings is 1. The van der Waals surface area contributed by atoms with E-state index in [1.165, 1.54) is 4.31 Å². The summed E-state index contributed by atoms with van der Waals surface area (Å²) in [6.07, 6.45) is 1.52. The molecule has 3 aromatic rings. The lowest BCUT2D eigenvalue weighted by atomic mass is 10.2. The molecule has 0 spiro atoms. The van der Waals surface area contributed by atoms with Crippen LogP contribution in [0.1, 0.15) is 38.7 Å². The molecule has 0 radical (unpaired) electrons. The minimum atomic E-state index is -4.67. The van der Waals surface area contributed by atoms with Gasteiger partial charge in [-0.2, -0.15) is 21.1 Å². The molecule has 248 valence electrons. The Morgan fingerprint density at radius 2 is 1.50 bits per heavy atom. The Hall–Kier alpha value is -3.02. The van der Waals surface area contributed by atoms with Gasteiger partial charge in [0.25, 0.3) is 5.56 Å². The first kappa shape index (κ1) is 37.2. The third kappa shape index (κ3) is 10.9. The van der Waals surface area contributed by atoms with Crippen molar-refractivity contribution in [2.24, 2.45) is 0 Å². The molecule has 3 heterocycles. The fourth-order valence-corrected chi connectivity index (χ4v) is 5.76. The van der Waals surface area contributed by atoms with Crippen LogP contribution in [0.3, 0.4) is 0 Å². The van der Waals surface area contributed by atoms with Crippen LogP contribution in [0.5, 0.6) is 5.75 Å². The second kappa shape index (κ2) is 15.3. The van der Waals surface area contributed by atoms with Crippen LogP contribution in [0.25, 0.3) is 16.9 Å². The van der Waals surface area contributed by atoms with Crippen molar-refractivity contribution in [3.05, 3.63) is 40.1 Å². The molecule has 0 bridgehead atoms. The van der Waals surface area contributed by atoms with Crippen LogP contribution in [0.2, 0.25) is 0 Å². The highest BCUT2D eigenvalue weighted by atomic mass is 32.3. The first-order valence-corrected chi connectivity index (χ1v) is 17.4. The van der Waals surface area contributed by atoms with Crippen LogP contribution in [0, 0.1) is 6.92 Å². The van der Waals surface area contributed by atoms with Gasteiger partial charge in [-0.1, -0.05) is 13.8 Å². The van der Waals surface area contributed by atoms with Crippen molar-refractivity contribution < 1.29 is 48.2 Å². The van der Waals surface area contributed by atoms with Gasteiger partial charge in [0.05, 0.1) is 22.8 Å². The molecular formula is C23H36N6O12S3. The summed E-state index contributed by atoms with van der Waals surface area (Å²) >= 11 is 0. The second-order valence-corrected chi connectivity index (χ2v) is 13.0. The zero-order valence-electron chi connectivity index (χ0n) is 24.4. The third-order valence-electron chi connectivity index (χ3n) is 6.14. The van der Waals surface area contributed by atoms with Crippen LogP contribution in [0.4, 0.5) is 0 Å². The van der Waals surface area contributed by atoms with Gasteiger partial charge in [-0.05, 0) is 45.0 Å². The minimum Gasteiger partial charge on any atom is -0.493 e. The molecule has 44 heavy (non-hydrogen) atoms. The molecule has 4 rings (SSSR count). The molecule has 1 aliphatic heterocycles. The first-order valence-electron chi connectivity index (χ1n) is 13.2. The van der Waals surface area contributed by atoms with E-state index in [0.717, 1.165) is 13.0 Å². The zero-order chi connectivity index (χ0) is 33.5. The number of nitrogens with zero attached hydrogens (tertiary/aromatic N) is 5. The molecule has 2 aromatic heterocycles. The van der Waals surface area contributed by atoms with E-state index in [-0.39, 0.29) is 16.3 Å². The Morgan fingerprint density at radius 3 is 2.00 bits per heavy atom. The molecule has 1 fully saturated rings. The fraction of sp³-hybridized carbons (Fsp3) is 0.522. The number of H-pyrrole nitrogens is 1. The van der Waals surface area contributed by atoms with E-state index in [1.807, 2.05) is 13.8 Å². The van der Waals surface area contributed by atoms with Crippen molar-refractivity contribution >= 4 is 36.3 Å². The Labute approximate surface area is 254 Å². The van der Waals surface area contributed by atoms with Gasteiger partial charge >= 0.3 is 20.8 Å². The summed E-state index contributed by atoms with van der Waals surface area (Å²) < 4.78 is 98.8. The van der Waals surface area contributed by atoms with Crippen molar-refractivity contribution in [2.45, 2.75) is 45.4 Å². The van der Waals surface area contributed by atoms with Gasteiger partial charge in [0, 0.05) is 32.6 Å². The van der Waals surface area contributed by atoms with E-state index < -0.39 is 30.8 Å². The summed E-state index contributed by atoms with van der Waals surface area (Å²) in [4.78, 5) is 22.6. The van der Waals surface area contributed by atoms with Gasteiger partial charge < -0.3 is 14.6 Å². The van der Waals surface area contributed by atoms with Crippen LogP contribution in [0.15, 0.2) is 27.9 Å². The molecular weight excluding hydrogens is 648 g/mol. The van der Waals surface area contributed by atoms with E-state index in [9.17, 15) is 13.2 Å². The fourth-order valence-electron chi connectivity index (χ4n) is 4.31. The summed E-state index contributed by atoms with van der Waals surface area (Å²) in [6, 6.07) is 4.72. The van der Waals surface area contributed by atoms with Gasteiger partial charge in [-0.3, -0.25) is 23.0 Å². The largest absolute Gasteiger partial charge is 0.493 e. The molecule has 0 aliphatic carbocycles. The van der Waals surface area contributed by atoms with Crippen molar-refractivity contribution in [3.63, 3.8) is 0 Å². The predicted molar refractivity (Wildman–Crippen MR) is 158 cm³/mol. The Morgan fingerprint density at radius 1 is 0.932 bits per heavy atom. The summed E-state index contributed by atoms with van der Waals surface area (Å²) in [5.74, 6) is 1.38. The molecule has 1 aromatic carbocycles. The maximum Gasteiger partial charge on any atom is 0.394 e. The highest BCUT2D eigenvalue weighted by molar-refractivity contribution is 7.89. The number of nitrogens with one attached hydrogen (secondary N) is 1. The average molecular weight is 685 g/mol. The van der Waals surface area contributed by atoms with Crippen LogP contribution < -0.4 is 10.3 Å². The Kier molecular flexibility index (Phi) is 12.9. The molecule has 0 amide bonds. The molecule has 1 saturated heterocycles. The molecule has 0 unspecified atom stereocenters. The first-order chi connectivity index (χ1) is 20.3. The quantitative estimate of drug-likeness (QED) is 0.205. The molecule has 18 nitrogen and oxygen atoms in total. The number of benzene rings is 1. The molecule has 1 aliphatic rings. The Bertz CT molecular complexity index is 1770. The van der Waals surface area contributed by atoms with Crippen LogP contribution in [-0.4, -0.2) is 112 Å². The Balaban J connectivity index is 0.000000586. The second-order valence-electron chi connectivity index (χ2n) is 9.25. The monoisotopic (exact) mass is 684 g/mol. The maximum atomic E-state index is 13.4. The van der Waals surface area contributed by atoms with Crippen molar-refractivity contribution in [3.8, 4) is 17.1 Å². The molecule has 0 saturated carbocycles. The van der Waals surface area contributed by atoms with Crippen molar-refractivity contribution in [1.82, 2.24) is 28.8 Å². The van der Waals surface area contributed by atoms with E-state index in [2.05, 4.69) is 26.9 Å². The number of sulfonamides is 1. The van der Waals surface area contributed by atoms with E-state index in [0.29, 0.717) is 67.6 Å². The van der Waals surface area contributed by atoms with Gasteiger partial charge in [0.2, 0.25) is 10.0 Å². The maximum absolute atomic E-state index is 13.4. The summed E-state index contributed by atoms with van der Waals surface area (Å²) in [5.41, 5.74) is 1.09. The van der Waals surface area contributed by atoms with Gasteiger partial charge in [-0.15, -0.1) is 5.10 Å². The van der Waals surface area contributed by atoms with E-state index >= 15 is 0 Å². The number of imidazole rings is 1. The lowest BCUT2D eigenvalue weighted by molar-refractivity contribution is 0.196. The smallest absolute Gasteiger partial charge is 0.394 e. The van der Waals surface area contributed by atoms with Crippen molar-refractivity contribution in [2.75, 3.05) is 39.3 Å². The number of aromatic nitrogens is 4. The lowest BCUT2D eigenvalue weighted by Gasteiger charge is -2.33. The summed E-state index contributed by atoms with van der Waals surface area (Å²) in [6.45, 7) is 11.3. The number of rotatable bonds is 8. The van der Waals surface area contributed by atoms with E-state index in [4.69, 9.17) is 39.8 Å². The van der Waals surface area contributed by atoms with Gasteiger partial charge in [-0.25, -0.2) is 17.9 Å². The van der Waals surface area contributed by atoms with Gasteiger partial charge in [0.15, 0.2) is 11.3 Å². The molecule has 21 heteroatoms. The minimum absolute atomic E-state index is 0.147. The third-order valence-corrected chi connectivity index (χ3v) is 8.03. The van der Waals surface area contributed by atoms with Crippen molar-refractivity contribution in [1.29, 1.82) is 0 Å². The number of likely N-dealkylation sites (N-methyl/N-ethyl adjacent to an activating group) is 1. The number of fused-ring (bicyclic) bond motifs is 1. The molecule has 5 N–H and O–H groups in total. The highest BCUT2D eigenvalue weighted by Gasteiger charge is 2.29. The van der Waals surface area contributed by atoms with Gasteiger partial charge in [0.1, 0.15) is 11.6 Å². The zero-order valence-corrected chi connectivity index (χ0v) is 26.9. The summed E-state index contributed by atoms with van der Waals surface area (Å²) in [7, 11) is -13.0. The number of ether oxygens (including phenoxy) is 1. The number of aromatic amines is 1.